The molecule has 2 aliphatic rings. The summed E-state index contributed by atoms with van der Waals surface area (Å²) >= 11 is 0. The third-order valence-corrected chi connectivity index (χ3v) is 4.75. The van der Waals surface area contributed by atoms with Gasteiger partial charge in [0, 0.05) is 26.1 Å². The van der Waals surface area contributed by atoms with Crippen LogP contribution in [-0.4, -0.2) is 54.2 Å². The maximum atomic E-state index is 12.3. The van der Waals surface area contributed by atoms with Crippen LogP contribution in [0.4, 0.5) is 9.59 Å². The third-order valence-electron chi connectivity index (χ3n) is 4.75. The van der Waals surface area contributed by atoms with Crippen molar-refractivity contribution in [2.75, 3.05) is 14.1 Å². The van der Waals surface area contributed by atoms with E-state index in [1.807, 2.05) is 49.4 Å². The van der Waals surface area contributed by atoms with Gasteiger partial charge in [0.25, 0.3) is 0 Å². The molecule has 4 amide bonds. The molecule has 0 spiro atoms. The predicted octanol–water partition coefficient (Wildman–Crippen LogP) is 1.71. The fourth-order valence-corrected chi connectivity index (χ4v) is 3.38. The zero-order valence-electron chi connectivity index (χ0n) is 13.6. The van der Waals surface area contributed by atoms with Crippen LogP contribution in [0.15, 0.2) is 36.4 Å². The fraction of sp³-hybridized carbons (Fsp3) is 0.412. The number of nitrogens with zero attached hydrogens (tertiary/aromatic N) is 2. The summed E-state index contributed by atoms with van der Waals surface area (Å²) in [4.78, 5) is 27.5. The van der Waals surface area contributed by atoms with Crippen LogP contribution in [0.2, 0.25) is 0 Å². The van der Waals surface area contributed by atoms with E-state index in [1.165, 1.54) is 0 Å². The molecule has 2 fully saturated rings. The molecule has 3 rings (SSSR count). The standard InChI is InChI=1S/C17H22N4O2/c1-11-14-13(10-9-12-7-5-4-6-8-12)20(2)17(23)19-15(14)21(3)16(22)18-11/h4-11,13-15H,1-3H3,(H,18,22)(H,19,23)/b10-9+/t11?,13?,14-,15-/m0/s1. The summed E-state index contributed by atoms with van der Waals surface area (Å²) < 4.78 is 0. The van der Waals surface area contributed by atoms with Crippen LogP contribution < -0.4 is 10.6 Å². The van der Waals surface area contributed by atoms with Crippen molar-refractivity contribution >= 4 is 18.1 Å². The SMILES string of the molecule is CC1NC(=O)N(C)[C@@H]2NC(=O)N(C)C(/C=C/c3ccccc3)[C@H]12. The Bertz CT molecular complexity index is 631. The van der Waals surface area contributed by atoms with E-state index in [0.29, 0.717) is 0 Å². The summed E-state index contributed by atoms with van der Waals surface area (Å²) in [5.41, 5.74) is 1.09. The minimum atomic E-state index is -0.298. The molecule has 2 aliphatic heterocycles. The highest BCUT2D eigenvalue weighted by Crippen LogP contribution is 2.29. The number of carbonyl (C=O) groups excluding carboxylic acids is 2. The average Bonchev–Trinajstić information content (AvgIpc) is 2.54. The van der Waals surface area contributed by atoms with E-state index in [4.69, 9.17) is 0 Å². The molecule has 0 saturated carbocycles. The van der Waals surface area contributed by atoms with Gasteiger partial charge in [-0.2, -0.15) is 0 Å². The molecule has 122 valence electrons. The zero-order chi connectivity index (χ0) is 16.6. The molecule has 0 aromatic heterocycles. The number of hydrogen-bond donors (Lipinski definition) is 2. The van der Waals surface area contributed by atoms with E-state index in [9.17, 15) is 9.59 Å². The van der Waals surface area contributed by atoms with Crippen molar-refractivity contribution in [1.29, 1.82) is 0 Å². The second-order valence-corrected chi connectivity index (χ2v) is 6.19. The van der Waals surface area contributed by atoms with Crippen molar-refractivity contribution in [1.82, 2.24) is 20.4 Å². The van der Waals surface area contributed by atoms with E-state index in [0.717, 1.165) is 5.56 Å². The van der Waals surface area contributed by atoms with Gasteiger partial charge in [-0.15, -0.1) is 0 Å². The normalized spacial score (nSPS) is 30.9. The molecular weight excluding hydrogens is 292 g/mol. The van der Waals surface area contributed by atoms with Crippen LogP contribution in [-0.2, 0) is 0 Å². The number of likely N-dealkylation sites (N-methyl/N-ethyl adjacent to an activating group) is 1. The maximum absolute atomic E-state index is 12.3. The van der Waals surface area contributed by atoms with Crippen molar-refractivity contribution in [2.45, 2.75) is 25.2 Å². The lowest BCUT2D eigenvalue weighted by molar-refractivity contribution is 0.0407. The lowest BCUT2D eigenvalue weighted by Gasteiger charge is -2.51. The number of carbonyl (C=O) groups is 2. The molecular formula is C17H22N4O2. The second-order valence-electron chi connectivity index (χ2n) is 6.19. The van der Waals surface area contributed by atoms with E-state index in [2.05, 4.69) is 10.6 Å². The molecule has 0 bridgehead atoms. The molecule has 4 atom stereocenters. The van der Waals surface area contributed by atoms with Gasteiger partial charge in [-0.1, -0.05) is 42.5 Å². The largest absolute Gasteiger partial charge is 0.335 e. The van der Waals surface area contributed by atoms with E-state index in [1.54, 1.807) is 23.9 Å². The smallest absolute Gasteiger partial charge is 0.319 e. The Labute approximate surface area is 136 Å². The lowest BCUT2D eigenvalue weighted by Crippen LogP contribution is -2.73. The molecule has 2 heterocycles. The number of hydrogen-bond acceptors (Lipinski definition) is 2. The minimum absolute atomic E-state index is 0.0304. The molecule has 0 radical (unpaired) electrons. The summed E-state index contributed by atoms with van der Waals surface area (Å²) in [6.45, 7) is 1.98. The van der Waals surface area contributed by atoms with Crippen LogP contribution >= 0.6 is 0 Å². The van der Waals surface area contributed by atoms with Gasteiger partial charge < -0.3 is 20.4 Å². The summed E-state index contributed by atoms with van der Waals surface area (Å²) in [7, 11) is 3.50. The van der Waals surface area contributed by atoms with Gasteiger partial charge in [0.2, 0.25) is 0 Å². The quantitative estimate of drug-likeness (QED) is 0.873. The Morgan fingerprint density at radius 3 is 2.35 bits per heavy atom. The number of amides is 4. The summed E-state index contributed by atoms with van der Waals surface area (Å²) in [5, 5.41) is 5.89. The molecule has 23 heavy (non-hydrogen) atoms. The van der Waals surface area contributed by atoms with Gasteiger partial charge in [0.1, 0.15) is 6.17 Å². The highest BCUT2D eigenvalue weighted by Gasteiger charge is 2.48. The van der Waals surface area contributed by atoms with Crippen molar-refractivity contribution in [2.24, 2.45) is 5.92 Å². The third kappa shape index (κ3) is 2.76. The van der Waals surface area contributed by atoms with Crippen molar-refractivity contribution < 1.29 is 9.59 Å². The van der Waals surface area contributed by atoms with Gasteiger partial charge in [0.15, 0.2) is 0 Å². The first kappa shape index (κ1) is 15.4. The first-order chi connectivity index (χ1) is 11.0. The number of nitrogens with one attached hydrogen (secondary N) is 2. The van der Waals surface area contributed by atoms with Crippen LogP contribution in [0.25, 0.3) is 6.08 Å². The van der Waals surface area contributed by atoms with Crippen LogP contribution in [0, 0.1) is 5.92 Å². The van der Waals surface area contributed by atoms with Crippen LogP contribution in [0.1, 0.15) is 12.5 Å². The molecule has 2 N–H and O–H groups in total. The van der Waals surface area contributed by atoms with Gasteiger partial charge in [-0.25, -0.2) is 9.59 Å². The lowest BCUT2D eigenvalue weighted by atomic mass is 9.84. The Balaban J connectivity index is 1.91. The summed E-state index contributed by atoms with van der Waals surface area (Å²) in [6, 6.07) is 9.54. The van der Waals surface area contributed by atoms with E-state index >= 15 is 0 Å². The van der Waals surface area contributed by atoms with Gasteiger partial charge in [0.05, 0.1) is 6.04 Å². The number of urea groups is 2. The second kappa shape index (κ2) is 5.95. The van der Waals surface area contributed by atoms with E-state index in [-0.39, 0.29) is 36.2 Å². The van der Waals surface area contributed by atoms with Crippen LogP contribution in [0.3, 0.4) is 0 Å². The topological polar surface area (TPSA) is 64.7 Å². The van der Waals surface area contributed by atoms with Gasteiger partial charge >= 0.3 is 12.1 Å². The molecule has 1 aromatic carbocycles. The Morgan fingerprint density at radius 2 is 1.65 bits per heavy atom. The highest BCUT2D eigenvalue weighted by molar-refractivity contribution is 5.80. The van der Waals surface area contributed by atoms with Crippen molar-refractivity contribution in [3.63, 3.8) is 0 Å². The number of rotatable bonds is 2. The molecule has 2 saturated heterocycles. The zero-order valence-corrected chi connectivity index (χ0v) is 13.6. The first-order valence-corrected chi connectivity index (χ1v) is 7.79. The Hall–Kier alpha value is -2.50. The molecule has 6 nitrogen and oxygen atoms in total. The molecule has 1 aromatic rings. The average molecular weight is 314 g/mol. The molecule has 6 heteroatoms. The fourth-order valence-electron chi connectivity index (χ4n) is 3.38. The number of fused-ring (bicyclic) bond motifs is 1. The Morgan fingerprint density at radius 1 is 1.00 bits per heavy atom. The minimum Gasteiger partial charge on any atom is -0.335 e. The van der Waals surface area contributed by atoms with Crippen molar-refractivity contribution in [3.8, 4) is 0 Å². The monoisotopic (exact) mass is 314 g/mol. The highest BCUT2D eigenvalue weighted by atomic mass is 16.2. The molecule has 0 aliphatic carbocycles. The van der Waals surface area contributed by atoms with Gasteiger partial charge in [-0.05, 0) is 12.5 Å². The van der Waals surface area contributed by atoms with Crippen molar-refractivity contribution in [3.05, 3.63) is 42.0 Å². The van der Waals surface area contributed by atoms with Crippen LogP contribution in [0.5, 0.6) is 0 Å². The van der Waals surface area contributed by atoms with E-state index < -0.39 is 0 Å². The Kier molecular flexibility index (Phi) is 3.98. The summed E-state index contributed by atoms with van der Waals surface area (Å²) in [6.07, 6.45) is 3.78. The first-order valence-electron chi connectivity index (χ1n) is 7.79. The summed E-state index contributed by atoms with van der Waals surface area (Å²) in [5.74, 6) is 0.0698. The predicted molar refractivity (Wildman–Crippen MR) is 88.6 cm³/mol. The van der Waals surface area contributed by atoms with Gasteiger partial charge in [-0.3, -0.25) is 0 Å². The number of benzene rings is 1. The molecule has 2 unspecified atom stereocenters. The maximum Gasteiger partial charge on any atom is 0.319 e.